The number of halogens is 1. The van der Waals surface area contributed by atoms with Crippen molar-refractivity contribution in [3.8, 4) is 0 Å². The summed E-state index contributed by atoms with van der Waals surface area (Å²) in [5.74, 6) is 0. The number of hydrogen-bond acceptors (Lipinski definition) is 1. The molecule has 0 amide bonds. The van der Waals surface area contributed by atoms with Crippen LogP contribution in [0.15, 0.2) is 42.7 Å². The first kappa shape index (κ1) is 10.9. The topological polar surface area (TPSA) is 12.9 Å². The third-order valence-corrected chi connectivity index (χ3v) is 2.88. The van der Waals surface area contributed by atoms with Crippen molar-refractivity contribution in [3.63, 3.8) is 0 Å². The van der Waals surface area contributed by atoms with Gasteiger partial charge in [-0.1, -0.05) is 35.9 Å². The first-order valence-electron chi connectivity index (χ1n) is 5.10. The van der Waals surface area contributed by atoms with Crippen molar-refractivity contribution in [1.82, 2.24) is 4.98 Å². The van der Waals surface area contributed by atoms with Crippen LogP contribution in [0.5, 0.6) is 0 Å². The van der Waals surface area contributed by atoms with Gasteiger partial charge in [0.15, 0.2) is 0 Å². The second-order valence-electron chi connectivity index (χ2n) is 3.57. The Morgan fingerprint density at radius 2 is 1.81 bits per heavy atom. The predicted octanol–water partition coefficient (Wildman–Crippen LogP) is 4.21. The third-order valence-electron chi connectivity index (χ3n) is 2.47. The van der Waals surface area contributed by atoms with E-state index >= 15 is 0 Å². The summed E-state index contributed by atoms with van der Waals surface area (Å²) in [6.45, 7) is 2.02. The predicted molar refractivity (Wildman–Crippen MR) is 69.4 cm³/mol. The normalized spacial score (nSPS) is 10.9. The van der Waals surface area contributed by atoms with E-state index in [0.29, 0.717) is 0 Å². The molecule has 0 aliphatic heterocycles. The average Bonchev–Trinajstić information content (AvgIpc) is 2.32. The van der Waals surface area contributed by atoms with E-state index in [1.807, 2.05) is 31.2 Å². The van der Waals surface area contributed by atoms with E-state index in [1.54, 1.807) is 12.4 Å². The lowest BCUT2D eigenvalue weighted by Crippen LogP contribution is -1.81. The van der Waals surface area contributed by atoms with E-state index in [1.165, 1.54) is 0 Å². The lowest BCUT2D eigenvalue weighted by molar-refractivity contribution is 1.32. The van der Waals surface area contributed by atoms with Crippen LogP contribution in [0.4, 0.5) is 0 Å². The minimum Gasteiger partial charge on any atom is -0.265 e. The average molecular weight is 230 g/mol. The molecule has 0 spiro atoms. The van der Waals surface area contributed by atoms with E-state index in [2.05, 4.69) is 23.2 Å². The Hall–Kier alpha value is -1.60. The number of pyridine rings is 1. The van der Waals surface area contributed by atoms with E-state index in [0.717, 1.165) is 21.7 Å². The van der Waals surface area contributed by atoms with Gasteiger partial charge >= 0.3 is 0 Å². The minimum absolute atomic E-state index is 0.803. The first-order chi connectivity index (χ1) is 7.77. The Kier molecular flexibility index (Phi) is 3.37. The Bertz CT molecular complexity index is 503. The van der Waals surface area contributed by atoms with Crippen molar-refractivity contribution in [3.05, 3.63) is 64.4 Å². The number of hydrogen-bond donors (Lipinski definition) is 0. The van der Waals surface area contributed by atoms with Crippen molar-refractivity contribution in [2.24, 2.45) is 0 Å². The molecule has 0 saturated heterocycles. The molecule has 0 unspecified atom stereocenters. The molecular weight excluding hydrogens is 218 g/mol. The molecule has 0 fully saturated rings. The fraction of sp³-hybridized carbons (Fsp3) is 0.0714. The maximum atomic E-state index is 6.05. The summed E-state index contributed by atoms with van der Waals surface area (Å²) in [7, 11) is 0. The van der Waals surface area contributed by atoms with Crippen LogP contribution in [0.25, 0.3) is 12.2 Å². The Morgan fingerprint density at radius 1 is 1.06 bits per heavy atom. The molecule has 0 atom stereocenters. The summed E-state index contributed by atoms with van der Waals surface area (Å²) in [6, 6.07) is 9.86. The molecule has 0 saturated carbocycles. The van der Waals surface area contributed by atoms with Gasteiger partial charge in [-0.2, -0.15) is 0 Å². The molecule has 0 N–H and O–H groups in total. The Labute approximate surface area is 100 Å². The summed E-state index contributed by atoms with van der Waals surface area (Å²) in [5.41, 5.74) is 3.38. The van der Waals surface area contributed by atoms with Gasteiger partial charge in [0.1, 0.15) is 0 Å². The molecule has 1 aromatic carbocycles. The smallest absolute Gasteiger partial charge is 0.0441 e. The van der Waals surface area contributed by atoms with Gasteiger partial charge in [0.2, 0.25) is 0 Å². The number of nitrogens with zero attached hydrogens (tertiary/aromatic N) is 1. The molecule has 80 valence electrons. The maximum Gasteiger partial charge on any atom is 0.0441 e. The molecule has 0 bridgehead atoms. The number of benzene rings is 1. The highest BCUT2D eigenvalue weighted by Gasteiger charge is 1.97. The van der Waals surface area contributed by atoms with Crippen LogP contribution in [0.2, 0.25) is 5.02 Å². The molecule has 2 aromatic rings. The van der Waals surface area contributed by atoms with Crippen molar-refractivity contribution in [2.75, 3.05) is 0 Å². The lowest BCUT2D eigenvalue weighted by Gasteiger charge is -2.01. The van der Waals surface area contributed by atoms with Gasteiger partial charge in [0, 0.05) is 17.4 Å². The van der Waals surface area contributed by atoms with Crippen LogP contribution in [-0.4, -0.2) is 4.98 Å². The van der Waals surface area contributed by atoms with Crippen LogP contribution in [0.1, 0.15) is 16.7 Å². The summed E-state index contributed by atoms with van der Waals surface area (Å²) in [6.07, 6.45) is 7.69. The highest BCUT2D eigenvalue weighted by atomic mass is 35.5. The zero-order valence-corrected chi connectivity index (χ0v) is 9.78. The largest absolute Gasteiger partial charge is 0.265 e. The third kappa shape index (κ3) is 2.50. The highest BCUT2D eigenvalue weighted by Crippen LogP contribution is 2.20. The molecule has 0 aliphatic rings. The number of rotatable bonds is 2. The van der Waals surface area contributed by atoms with Crippen LogP contribution < -0.4 is 0 Å². The summed E-state index contributed by atoms with van der Waals surface area (Å²) in [5, 5.41) is 0.803. The Balaban J connectivity index is 2.28. The summed E-state index contributed by atoms with van der Waals surface area (Å²) < 4.78 is 0. The van der Waals surface area contributed by atoms with Crippen LogP contribution in [0, 0.1) is 6.92 Å². The monoisotopic (exact) mass is 229 g/mol. The van der Waals surface area contributed by atoms with Gasteiger partial charge in [-0.3, -0.25) is 4.98 Å². The quantitative estimate of drug-likeness (QED) is 0.752. The molecule has 1 nitrogen and oxygen atoms in total. The second kappa shape index (κ2) is 4.95. The Morgan fingerprint density at radius 3 is 2.56 bits per heavy atom. The maximum absolute atomic E-state index is 6.05. The molecule has 16 heavy (non-hydrogen) atoms. The van der Waals surface area contributed by atoms with E-state index < -0.39 is 0 Å². The first-order valence-corrected chi connectivity index (χ1v) is 5.48. The summed E-state index contributed by atoms with van der Waals surface area (Å²) in [4.78, 5) is 3.98. The zero-order chi connectivity index (χ0) is 11.4. The second-order valence-corrected chi connectivity index (χ2v) is 3.98. The van der Waals surface area contributed by atoms with E-state index in [4.69, 9.17) is 11.6 Å². The SMILES string of the molecule is Cc1c(Cl)cccc1C=Cc1ccncc1. The summed E-state index contributed by atoms with van der Waals surface area (Å²) >= 11 is 6.05. The van der Waals surface area contributed by atoms with E-state index in [-0.39, 0.29) is 0 Å². The molecule has 2 rings (SSSR count). The molecule has 0 radical (unpaired) electrons. The number of aromatic nitrogens is 1. The molecule has 1 heterocycles. The van der Waals surface area contributed by atoms with Gasteiger partial charge < -0.3 is 0 Å². The van der Waals surface area contributed by atoms with Gasteiger partial charge in [0.05, 0.1) is 0 Å². The van der Waals surface area contributed by atoms with Crippen molar-refractivity contribution >= 4 is 23.8 Å². The fourth-order valence-electron chi connectivity index (χ4n) is 1.47. The van der Waals surface area contributed by atoms with Crippen molar-refractivity contribution < 1.29 is 0 Å². The molecule has 2 heteroatoms. The van der Waals surface area contributed by atoms with Gasteiger partial charge in [0.25, 0.3) is 0 Å². The zero-order valence-electron chi connectivity index (χ0n) is 9.02. The van der Waals surface area contributed by atoms with Crippen LogP contribution in [0.3, 0.4) is 0 Å². The van der Waals surface area contributed by atoms with Gasteiger partial charge in [-0.15, -0.1) is 0 Å². The lowest BCUT2D eigenvalue weighted by atomic mass is 10.1. The highest BCUT2D eigenvalue weighted by molar-refractivity contribution is 6.31. The van der Waals surface area contributed by atoms with Crippen molar-refractivity contribution in [1.29, 1.82) is 0 Å². The molecule has 0 aliphatic carbocycles. The van der Waals surface area contributed by atoms with Gasteiger partial charge in [-0.05, 0) is 41.8 Å². The standard InChI is InChI=1S/C14H12ClN/c1-11-13(3-2-4-14(11)15)6-5-12-7-9-16-10-8-12/h2-10H,1H3. The van der Waals surface area contributed by atoms with Gasteiger partial charge in [-0.25, -0.2) is 0 Å². The fourth-order valence-corrected chi connectivity index (χ4v) is 1.65. The van der Waals surface area contributed by atoms with Crippen LogP contribution in [-0.2, 0) is 0 Å². The molecular formula is C14H12ClN. The van der Waals surface area contributed by atoms with Crippen LogP contribution >= 0.6 is 11.6 Å². The van der Waals surface area contributed by atoms with E-state index in [9.17, 15) is 0 Å². The molecule has 1 aromatic heterocycles. The van der Waals surface area contributed by atoms with Crippen molar-refractivity contribution in [2.45, 2.75) is 6.92 Å². The minimum atomic E-state index is 0.803.